The van der Waals surface area contributed by atoms with Crippen LogP contribution in [0.1, 0.15) is 18.4 Å². The first-order valence-corrected chi connectivity index (χ1v) is 9.85. The second kappa shape index (κ2) is 8.76. The minimum Gasteiger partial charge on any atom is -0.451 e. The second-order valence-electron chi connectivity index (χ2n) is 7.20. The summed E-state index contributed by atoms with van der Waals surface area (Å²) < 4.78 is 25.9. The van der Waals surface area contributed by atoms with Crippen LogP contribution in [0.25, 0.3) is 11.0 Å². The molecule has 0 radical (unpaired) electrons. The van der Waals surface area contributed by atoms with E-state index in [1.807, 2.05) is 0 Å². The number of rotatable bonds is 6. The number of aliphatic hydroxyl groups is 1. The smallest absolute Gasteiger partial charge is 0.295 e. The van der Waals surface area contributed by atoms with Gasteiger partial charge >= 0.3 is 0 Å². The summed E-state index contributed by atoms with van der Waals surface area (Å²) in [4.78, 5) is 21.9. The summed E-state index contributed by atoms with van der Waals surface area (Å²) >= 11 is 0. The normalized spacial score (nSPS) is 14.8. The van der Waals surface area contributed by atoms with Gasteiger partial charge in [-0.2, -0.15) is 4.98 Å². The molecule has 158 valence electrons. The summed E-state index contributed by atoms with van der Waals surface area (Å²) in [6, 6.07) is 5.85. The Bertz CT molecular complexity index is 1110. The van der Waals surface area contributed by atoms with Crippen LogP contribution in [0.2, 0.25) is 0 Å². The molecule has 0 saturated carbocycles. The molecular formula is C21H23FN4O4. The van der Waals surface area contributed by atoms with Crippen molar-refractivity contribution in [2.24, 2.45) is 0 Å². The average molecular weight is 414 g/mol. The average Bonchev–Trinajstić information content (AvgIpc) is 2.74. The molecule has 1 aliphatic heterocycles. The summed E-state index contributed by atoms with van der Waals surface area (Å²) in [6.45, 7) is 2.89. The Hall–Kier alpha value is -3.04. The topological polar surface area (TPSA) is 98.5 Å². The molecule has 1 aromatic carbocycles. The molecular weight excluding hydrogens is 391 g/mol. The van der Waals surface area contributed by atoms with Crippen LogP contribution < -0.4 is 15.6 Å². The lowest BCUT2D eigenvalue weighted by molar-refractivity contribution is 0.0903. The molecule has 4 rings (SSSR count). The molecule has 0 unspecified atom stereocenters. The van der Waals surface area contributed by atoms with Gasteiger partial charge in [0.05, 0.1) is 13.2 Å². The Morgan fingerprint density at radius 1 is 1.30 bits per heavy atom. The molecule has 3 heterocycles. The van der Waals surface area contributed by atoms with Crippen molar-refractivity contribution < 1.29 is 19.0 Å². The standard InChI is InChI=1S/C21H23FN4O4/c1-13-10-15(22)2-3-17(13)30-18-11-14-12-23-21(24-16-4-8-29-9-5-16)25-19(14)26(6-7-27)20(18)28/h2-3,10-12,16,27H,4-9H2,1H3,(H,23,24,25). The number of hydrogen-bond acceptors (Lipinski definition) is 7. The molecule has 3 aromatic rings. The highest BCUT2D eigenvalue weighted by molar-refractivity contribution is 5.77. The van der Waals surface area contributed by atoms with E-state index in [1.54, 1.807) is 19.2 Å². The zero-order valence-electron chi connectivity index (χ0n) is 16.6. The van der Waals surface area contributed by atoms with Crippen molar-refractivity contribution in [2.45, 2.75) is 32.4 Å². The third kappa shape index (κ3) is 4.27. The fourth-order valence-corrected chi connectivity index (χ4v) is 3.45. The van der Waals surface area contributed by atoms with Gasteiger partial charge in [-0.25, -0.2) is 9.37 Å². The van der Waals surface area contributed by atoms with Gasteiger partial charge in [0.2, 0.25) is 5.95 Å². The maximum Gasteiger partial charge on any atom is 0.295 e. The van der Waals surface area contributed by atoms with Gasteiger partial charge in [0, 0.05) is 30.8 Å². The fourth-order valence-electron chi connectivity index (χ4n) is 3.45. The monoisotopic (exact) mass is 414 g/mol. The molecule has 8 nitrogen and oxygen atoms in total. The van der Waals surface area contributed by atoms with Gasteiger partial charge in [0.15, 0.2) is 5.75 Å². The highest BCUT2D eigenvalue weighted by atomic mass is 19.1. The Morgan fingerprint density at radius 2 is 2.10 bits per heavy atom. The van der Waals surface area contributed by atoms with E-state index in [9.17, 15) is 14.3 Å². The van der Waals surface area contributed by atoms with Gasteiger partial charge in [-0.15, -0.1) is 0 Å². The van der Waals surface area contributed by atoms with E-state index in [0.717, 1.165) is 12.8 Å². The number of aliphatic hydroxyl groups excluding tert-OH is 1. The zero-order valence-corrected chi connectivity index (χ0v) is 16.6. The van der Waals surface area contributed by atoms with Crippen molar-refractivity contribution >= 4 is 17.0 Å². The lowest BCUT2D eigenvalue weighted by Gasteiger charge is -2.23. The van der Waals surface area contributed by atoms with E-state index in [0.29, 0.717) is 41.5 Å². The summed E-state index contributed by atoms with van der Waals surface area (Å²) in [5.41, 5.74) is 0.535. The van der Waals surface area contributed by atoms with Gasteiger partial charge in [-0.05, 0) is 49.6 Å². The van der Waals surface area contributed by atoms with Gasteiger partial charge in [-0.1, -0.05) is 0 Å². The van der Waals surface area contributed by atoms with Crippen molar-refractivity contribution in [1.29, 1.82) is 0 Å². The van der Waals surface area contributed by atoms with Gasteiger partial charge < -0.3 is 19.9 Å². The van der Waals surface area contributed by atoms with Crippen LogP contribution in [0, 0.1) is 12.7 Å². The van der Waals surface area contributed by atoms with Crippen LogP contribution in [0.4, 0.5) is 10.3 Å². The number of aromatic nitrogens is 3. The Kier molecular flexibility index (Phi) is 5.91. The van der Waals surface area contributed by atoms with Crippen molar-refractivity contribution in [3.63, 3.8) is 0 Å². The highest BCUT2D eigenvalue weighted by Crippen LogP contribution is 2.26. The second-order valence-corrected chi connectivity index (χ2v) is 7.20. The number of nitrogens with zero attached hydrogens (tertiary/aromatic N) is 3. The molecule has 2 N–H and O–H groups in total. The molecule has 1 fully saturated rings. The molecule has 1 aliphatic rings. The van der Waals surface area contributed by atoms with Crippen molar-refractivity contribution in [3.05, 3.63) is 52.2 Å². The quantitative estimate of drug-likeness (QED) is 0.640. The number of benzene rings is 1. The molecule has 0 atom stereocenters. The molecule has 2 aromatic heterocycles. The lowest BCUT2D eigenvalue weighted by Crippen LogP contribution is -2.29. The van der Waals surface area contributed by atoms with E-state index in [1.165, 1.54) is 22.8 Å². The number of aryl methyl sites for hydroxylation is 1. The Morgan fingerprint density at radius 3 is 2.83 bits per heavy atom. The van der Waals surface area contributed by atoms with E-state index in [-0.39, 0.29) is 30.8 Å². The molecule has 0 aliphatic carbocycles. The maximum atomic E-state index is 13.4. The van der Waals surface area contributed by atoms with E-state index in [4.69, 9.17) is 9.47 Å². The largest absolute Gasteiger partial charge is 0.451 e. The Balaban J connectivity index is 1.71. The SMILES string of the molecule is Cc1cc(F)ccc1Oc1cc2cnc(NC3CCOCC3)nc2n(CCO)c1=O. The number of pyridine rings is 1. The molecule has 0 spiro atoms. The van der Waals surface area contributed by atoms with Crippen LogP contribution in [0.3, 0.4) is 0 Å². The van der Waals surface area contributed by atoms with Crippen LogP contribution in [0.15, 0.2) is 35.3 Å². The van der Waals surface area contributed by atoms with Gasteiger partial charge in [-0.3, -0.25) is 9.36 Å². The third-order valence-electron chi connectivity index (χ3n) is 5.03. The molecule has 1 saturated heterocycles. The Labute approximate surface area is 172 Å². The number of anilines is 1. The number of nitrogens with one attached hydrogen (secondary N) is 1. The third-order valence-corrected chi connectivity index (χ3v) is 5.03. The van der Waals surface area contributed by atoms with Gasteiger partial charge in [0.1, 0.15) is 17.2 Å². The van der Waals surface area contributed by atoms with Crippen LogP contribution in [-0.4, -0.2) is 45.5 Å². The number of ether oxygens (including phenoxy) is 2. The van der Waals surface area contributed by atoms with Crippen LogP contribution in [-0.2, 0) is 11.3 Å². The first-order valence-electron chi connectivity index (χ1n) is 9.85. The van der Waals surface area contributed by atoms with E-state index in [2.05, 4.69) is 15.3 Å². The maximum absolute atomic E-state index is 13.4. The van der Waals surface area contributed by atoms with Crippen molar-refractivity contribution in [3.8, 4) is 11.5 Å². The number of halogens is 1. The predicted molar refractivity (Wildman–Crippen MR) is 110 cm³/mol. The predicted octanol–water partition coefficient (Wildman–Crippen LogP) is 2.61. The summed E-state index contributed by atoms with van der Waals surface area (Å²) in [5, 5.41) is 13.3. The minimum absolute atomic E-state index is 0.0550. The summed E-state index contributed by atoms with van der Waals surface area (Å²) in [5.74, 6) is 0.471. The molecule has 30 heavy (non-hydrogen) atoms. The zero-order chi connectivity index (χ0) is 21.1. The summed E-state index contributed by atoms with van der Waals surface area (Å²) in [6.07, 6.45) is 3.32. The molecule has 0 amide bonds. The van der Waals surface area contributed by atoms with Crippen LogP contribution in [0.5, 0.6) is 11.5 Å². The van der Waals surface area contributed by atoms with E-state index < -0.39 is 5.56 Å². The first kappa shape index (κ1) is 20.2. The van der Waals surface area contributed by atoms with Crippen molar-refractivity contribution in [2.75, 3.05) is 25.1 Å². The fraction of sp³-hybridized carbons (Fsp3) is 0.381. The summed E-state index contributed by atoms with van der Waals surface area (Å²) in [7, 11) is 0. The van der Waals surface area contributed by atoms with Crippen molar-refractivity contribution in [1.82, 2.24) is 14.5 Å². The molecule has 0 bridgehead atoms. The van der Waals surface area contributed by atoms with Crippen LogP contribution >= 0.6 is 0 Å². The minimum atomic E-state index is -0.434. The lowest BCUT2D eigenvalue weighted by atomic mass is 10.1. The molecule has 9 heteroatoms. The highest BCUT2D eigenvalue weighted by Gasteiger charge is 2.17. The first-order chi connectivity index (χ1) is 14.5. The van der Waals surface area contributed by atoms with E-state index >= 15 is 0 Å². The number of hydrogen-bond donors (Lipinski definition) is 2. The number of fused-ring (bicyclic) bond motifs is 1. The van der Waals surface area contributed by atoms with Gasteiger partial charge in [0.25, 0.3) is 5.56 Å².